The van der Waals surface area contributed by atoms with Crippen LogP contribution in [0.3, 0.4) is 0 Å². The topological polar surface area (TPSA) is 38.5 Å². The molecular formula is C13H18F2N2O. The van der Waals surface area contributed by atoms with E-state index in [1.165, 1.54) is 12.1 Å². The lowest BCUT2D eigenvalue weighted by Crippen LogP contribution is -2.33. The van der Waals surface area contributed by atoms with Crippen molar-refractivity contribution in [2.75, 3.05) is 26.7 Å². The predicted molar refractivity (Wildman–Crippen MR) is 65.1 cm³/mol. The molecule has 0 amide bonds. The lowest BCUT2D eigenvalue weighted by molar-refractivity contribution is 0.101. The van der Waals surface area contributed by atoms with Gasteiger partial charge in [0.1, 0.15) is 11.6 Å². The summed E-state index contributed by atoms with van der Waals surface area (Å²) in [6.45, 7) is 1.85. The fourth-order valence-corrected chi connectivity index (χ4v) is 2.47. The number of likely N-dealkylation sites (tertiary alicyclic amines) is 1. The molecule has 0 aliphatic carbocycles. The van der Waals surface area contributed by atoms with E-state index in [-0.39, 0.29) is 12.1 Å². The first kappa shape index (κ1) is 13.4. The second-order valence-electron chi connectivity index (χ2n) is 4.56. The van der Waals surface area contributed by atoms with Crippen LogP contribution in [0.2, 0.25) is 0 Å². The molecule has 0 radical (unpaired) electrons. The molecule has 0 spiro atoms. The smallest absolute Gasteiger partial charge is 0.130 e. The lowest BCUT2D eigenvalue weighted by atomic mass is 10.0. The molecule has 1 saturated heterocycles. The van der Waals surface area contributed by atoms with E-state index < -0.39 is 11.6 Å². The Kier molecular flexibility index (Phi) is 4.27. The molecule has 2 unspecified atom stereocenters. The summed E-state index contributed by atoms with van der Waals surface area (Å²) in [5.74, 6) is -1.10. The zero-order valence-corrected chi connectivity index (χ0v) is 10.4. The molecule has 1 aliphatic heterocycles. The molecule has 3 nitrogen and oxygen atoms in total. The van der Waals surface area contributed by atoms with E-state index in [4.69, 9.17) is 10.5 Å². The Morgan fingerprint density at radius 2 is 2.28 bits per heavy atom. The van der Waals surface area contributed by atoms with E-state index in [9.17, 15) is 8.78 Å². The molecule has 1 heterocycles. The Morgan fingerprint density at radius 3 is 2.83 bits per heavy atom. The van der Waals surface area contributed by atoms with Crippen LogP contribution in [-0.2, 0) is 4.74 Å². The van der Waals surface area contributed by atoms with Gasteiger partial charge in [-0.3, -0.25) is 4.90 Å². The van der Waals surface area contributed by atoms with Crippen LogP contribution >= 0.6 is 0 Å². The molecule has 18 heavy (non-hydrogen) atoms. The maximum absolute atomic E-state index is 13.8. The minimum absolute atomic E-state index is 0.169. The molecule has 1 aromatic rings. The van der Waals surface area contributed by atoms with Gasteiger partial charge >= 0.3 is 0 Å². The van der Waals surface area contributed by atoms with Crippen LogP contribution < -0.4 is 5.73 Å². The molecule has 2 N–H and O–H groups in total. The number of ether oxygens (including phenoxy) is 1. The van der Waals surface area contributed by atoms with E-state index in [0.29, 0.717) is 12.1 Å². The molecular weight excluding hydrogens is 238 g/mol. The fourth-order valence-electron chi connectivity index (χ4n) is 2.47. The van der Waals surface area contributed by atoms with Gasteiger partial charge in [-0.15, -0.1) is 0 Å². The Balaban J connectivity index is 2.18. The summed E-state index contributed by atoms with van der Waals surface area (Å²) in [4.78, 5) is 2.09. The zero-order chi connectivity index (χ0) is 13.1. The first-order valence-corrected chi connectivity index (χ1v) is 6.07. The van der Waals surface area contributed by atoms with Gasteiger partial charge in [0.2, 0.25) is 0 Å². The monoisotopic (exact) mass is 256 g/mol. The summed E-state index contributed by atoms with van der Waals surface area (Å²) in [6, 6.07) is 3.43. The van der Waals surface area contributed by atoms with Crippen LogP contribution in [0.5, 0.6) is 0 Å². The van der Waals surface area contributed by atoms with E-state index in [1.54, 1.807) is 7.11 Å². The maximum Gasteiger partial charge on any atom is 0.130 e. The Hall–Kier alpha value is -1.04. The van der Waals surface area contributed by atoms with Crippen LogP contribution in [0.25, 0.3) is 0 Å². The second-order valence-corrected chi connectivity index (χ2v) is 4.56. The SMILES string of the molecule is COC1CCN(C(CN)c2ccc(F)cc2F)C1. The van der Waals surface area contributed by atoms with Gasteiger partial charge in [0.05, 0.1) is 12.1 Å². The van der Waals surface area contributed by atoms with Crippen molar-refractivity contribution in [3.8, 4) is 0 Å². The number of halogens is 2. The summed E-state index contributed by atoms with van der Waals surface area (Å²) in [6.07, 6.45) is 1.08. The fraction of sp³-hybridized carbons (Fsp3) is 0.538. The third kappa shape index (κ3) is 2.68. The first-order chi connectivity index (χ1) is 8.65. The quantitative estimate of drug-likeness (QED) is 0.891. The van der Waals surface area contributed by atoms with E-state index in [2.05, 4.69) is 4.90 Å². The van der Waals surface area contributed by atoms with Crippen LogP contribution in [0.15, 0.2) is 18.2 Å². The summed E-state index contributed by atoms with van der Waals surface area (Å²) in [7, 11) is 1.67. The highest BCUT2D eigenvalue weighted by molar-refractivity contribution is 5.23. The first-order valence-electron chi connectivity index (χ1n) is 6.07. The van der Waals surface area contributed by atoms with Gasteiger partial charge in [-0.05, 0) is 12.5 Å². The number of nitrogens with zero attached hydrogens (tertiary/aromatic N) is 1. The number of nitrogens with two attached hydrogens (primary N) is 1. The number of benzene rings is 1. The van der Waals surface area contributed by atoms with Crippen molar-refractivity contribution in [2.45, 2.75) is 18.6 Å². The molecule has 100 valence electrons. The number of rotatable bonds is 4. The summed E-state index contributed by atoms with van der Waals surface area (Å²) in [5.41, 5.74) is 6.19. The number of hydrogen-bond donors (Lipinski definition) is 1. The van der Waals surface area contributed by atoms with Gasteiger partial charge in [-0.25, -0.2) is 8.78 Å². The summed E-state index contributed by atoms with van der Waals surface area (Å²) < 4.78 is 32.0. The van der Waals surface area contributed by atoms with Crippen molar-refractivity contribution >= 4 is 0 Å². The molecule has 1 aromatic carbocycles. The maximum atomic E-state index is 13.8. The average Bonchev–Trinajstić information content (AvgIpc) is 2.81. The van der Waals surface area contributed by atoms with Crippen molar-refractivity contribution in [3.05, 3.63) is 35.4 Å². The van der Waals surface area contributed by atoms with Gasteiger partial charge in [0, 0.05) is 38.4 Å². The number of methoxy groups -OCH3 is 1. The summed E-state index contributed by atoms with van der Waals surface area (Å²) >= 11 is 0. The van der Waals surface area contributed by atoms with Crippen LogP contribution in [0.4, 0.5) is 8.78 Å². The van der Waals surface area contributed by atoms with Crippen molar-refractivity contribution in [1.82, 2.24) is 4.90 Å². The second kappa shape index (κ2) is 5.73. The van der Waals surface area contributed by atoms with Crippen LogP contribution in [0.1, 0.15) is 18.0 Å². The lowest BCUT2D eigenvalue weighted by Gasteiger charge is -2.27. The minimum Gasteiger partial charge on any atom is -0.380 e. The molecule has 1 aliphatic rings. The standard InChI is InChI=1S/C13H18F2N2O/c1-18-10-4-5-17(8-10)13(7-16)11-3-2-9(14)6-12(11)15/h2-3,6,10,13H,4-5,7-8,16H2,1H3. The summed E-state index contributed by atoms with van der Waals surface area (Å²) in [5, 5.41) is 0. The van der Waals surface area contributed by atoms with E-state index in [0.717, 1.165) is 25.6 Å². The third-order valence-electron chi connectivity index (χ3n) is 3.50. The molecule has 2 rings (SSSR count). The van der Waals surface area contributed by atoms with Crippen LogP contribution in [0, 0.1) is 11.6 Å². The van der Waals surface area contributed by atoms with Gasteiger partial charge in [0.15, 0.2) is 0 Å². The largest absolute Gasteiger partial charge is 0.380 e. The van der Waals surface area contributed by atoms with E-state index in [1.807, 2.05) is 0 Å². The van der Waals surface area contributed by atoms with Crippen molar-refractivity contribution in [1.29, 1.82) is 0 Å². The predicted octanol–water partition coefficient (Wildman–Crippen LogP) is 1.69. The highest BCUT2D eigenvalue weighted by Crippen LogP contribution is 2.27. The molecule has 5 heteroatoms. The van der Waals surface area contributed by atoms with Gasteiger partial charge < -0.3 is 10.5 Å². The van der Waals surface area contributed by atoms with Crippen molar-refractivity contribution in [2.24, 2.45) is 5.73 Å². The molecule has 0 aromatic heterocycles. The Bertz CT molecular complexity index is 414. The molecule has 0 saturated carbocycles. The van der Waals surface area contributed by atoms with Gasteiger partial charge in [-0.1, -0.05) is 6.07 Å². The average molecular weight is 256 g/mol. The van der Waals surface area contributed by atoms with Crippen LogP contribution in [-0.4, -0.2) is 37.7 Å². The Morgan fingerprint density at radius 1 is 1.50 bits per heavy atom. The number of hydrogen-bond acceptors (Lipinski definition) is 3. The normalized spacial score (nSPS) is 22.3. The van der Waals surface area contributed by atoms with E-state index >= 15 is 0 Å². The third-order valence-corrected chi connectivity index (χ3v) is 3.50. The van der Waals surface area contributed by atoms with Crippen molar-refractivity contribution in [3.63, 3.8) is 0 Å². The van der Waals surface area contributed by atoms with Gasteiger partial charge in [-0.2, -0.15) is 0 Å². The zero-order valence-electron chi connectivity index (χ0n) is 10.4. The molecule has 2 atom stereocenters. The highest BCUT2D eigenvalue weighted by atomic mass is 19.1. The minimum atomic E-state index is -0.566. The van der Waals surface area contributed by atoms with Crippen molar-refractivity contribution < 1.29 is 13.5 Å². The Labute approximate surface area is 106 Å². The highest BCUT2D eigenvalue weighted by Gasteiger charge is 2.29. The molecule has 1 fully saturated rings. The molecule has 0 bridgehead atoms. The van der Waals surface area contributed by atoms with Gasteiger partial charge in [0.25, 0.3) is 0 Å².